The topological polar surface area (TPSA) is 44.7 Å². The van der Waals surface area contributed by atoms with Crippen molar-refractivity contribution in [3.63, 3.8) is 0 Å². The summed E-state index contributed by atoms with van der Waals surface area (Å²) in [6.07, 6.45) is 1.82. The third kappa shape index (κ3) is 8.20. The molecule has 1 aliphatic heterocycles. The third-order valence-corrected chi connectivity index (χ3v) is 4.49. The number of hydrogen-bond donors (Lipinski definition) is 2. The number of rotatable bonds is 7. The molecular formula is C18H31Cl2FN2O2. The van der Waals surface area contributed by atoms with E-state index in [1.165, 1.54) is 12.1 Å². The number of aliphatic hydroxyl groups excluding tert-OH is 1. The Morgan fingerprint density at radius 2 is 1.96 bits per heavy atom. The highest BCUT2D eigenvalue weighted by molar-refractivity contribution is 5.85. The number of β-amino-alcohol motifs (C(OH)–C–C–N with tert-alkyl or cyclic N) is 1. The van der Waals surface area contributed by atoms with E-state index in [1.54, 1.807) is 19.2 Å². The van der Waals surface area contributed by atoms with Gasteiger partial charge in [0.25, 0.3) is 0 Å². The molecule has 0 bridgehead atoms. The van der Waals surface area contributed by atoms with Crippen molar-refractivity contribution < 1.29 is 14.2 Å². The molecule has 0 radical (unpaired) electrons. The van der Waals surface area contributed by atoms with Gasteiger partial charge in [-0.1, -0.05) is 12.1 Å². The summed E-state index contributed by atoms with van der Waals surface area (Å²) in [6.45, 7) is 7.66. The molecule has 0 aliphatic carbocycles. The van der Waals surface area contributed by atoms with Gasteiger partial charge in [-0.05, 0) is 44.4 Å². The molecule has 1 aromatic rings. The van der Waals surface area contributed by atoms with E-state index in [1.807, 2.05) is 0 Å². The first kappa shape index (κ1) is 24.6. The molecule has 4 nitrogen and oxygen atoms in total. The number of likely N-dealkylation sites (tertiary alicyclic amines) is 1. The zero-order valence-corrected chi connectivity index (χ0v) is 16.8. The van der Waals surface area contributed by atoms with Crippen LogP contribution in [0.3, 0.4) is 0 Å². The molecule has 2 rings (SSSR count). The fourth-order valence-corrected chi connectivity index (χ4v) is 3.12. The van der Waals surface area contributed by atoms with Gasteiger partial charge in [-0.15, -0.1) is 24.8 Å². The summed E-state index contributed by atoms with van der Waals surface area (Å²) < 4.78 is 18.6. The van der Waals surface area contributed by atoms with Crippen molar-refractivity contribution in [2.75, 3.05) is 33.3 Å². The number of aliphatic hydroxyl groups is 1. The maximum atomic E-state index is 13.2. The largest absolute Gasteiger partial charge is 0.387 e. The lowest BCUT2D eigenvalue weighted by Gasteiger charge is -2.38. The molecule has 1 saturated heterocycles. The first-order chi connectivity index (χ1) is 10.9. The number of ether oxygens (including phenoxy) is 1. The number of benzene rings is 1. The van der Waals surface area contributed by atoms with Crippen LogP contribution < -0.4 is 5.32 Å². The van der Waals surface area contributed by atoms with Crippen molar-refractivity contribution in [1.82, 2.24) is 10.2 Å². The molecule has 1 heterocycles. The second-order valence-corrected chi connectivity index (χ2v) is 7.05. The van der Waals surface area contributed by atoms with Crippen LogP contribution in [0.1, 0.15) is 38.4 Å². The minimum atomic E-state index is -0.704. The van der Waals surface area contributed by atoms with Gasteiger partial charge < -0.3 is 20.1 Å². The van der Waals surface area contributed by atoms with Crippen LogP contribution in [0.15, 0.2) is 24.3 Å². The van der Waals surface area contributed by atoms with Gasteiger partial charge in [0.15, 0.2) is 0 Å². The molecule has 146 valence electrons. The molecular weight excluding hydrogens is 366 g/mol. The predicted octanol–water partition coefficient (Wildman–Crippen LogP) is 3.18. The average Bonchev–Trinajstić information content (AvgIpc) is 2.53. The van der Waals surface area contributed by atoms with Crippen LogP contribution in [0.4, 0.5) is 4.39 Å². The van der Waals surface area contributed by atoms with Crippen LogP contribution in [0.2, 0.25) is 0 Å². The fraction of sp³-hybridized carbons (Fsp3) is 0.667. The molecule has 0 spiro atoms. The Morgan fingerprint density at radius 3 is 2.52 bits per heavy atom. The van der Waals surface area contributed by atoms with Gasteiger partial charge >= 0.3 is 0 Å². The molecule has 1 fully saturated rings. The molecule has 0 unspecified atom stereocenters. The molecule has 1 atom stereocenters. The molecule has 0 amide bonds. The van der Waals surface area contributed by atoms with Crippen LogP contribution >= 0.6 is 24.8 Å². The van der Waals surface area contributed by atoms with Gasteiger partial charge in [-0.25, -0.2) is 4.39 Å². The number of hydrogen-bond acceptors (Lipinski definition) is 4. The number of nitrogens with one attached hydrogen (secondary N) is 1. The van der Waals surface area contributed by atoms with E-state index in [-0.39, 0.29) is 36.2 Å². The molecule has 1 aliphatic rings. The third-order valence-electron chi connectivity index (χ3n) is 4.49. The van der Waals surface area contributed by atoms with E-state index >= 15 is 0 Å². The van der Waals surface area contributed by atoms with Crippen LogP contribution in [-0.2, 0) is 4.74 Å². The normalized spacial score (nSPS) is 17.5. The highest BCUT2D eigenvalue weighted by Crippen LogP contribution is 2.18. The van der Waals surface area contributed by atoms with Crippen LogP contribution in [0, 0.1) is 5.82 Å². The quantitative estimate of drug-likeness (QED) is 0.742. The van der Waals surface area contributed by atoms with Crippen LogP contribution in [-0.4, -0.2) is 54.9 Å². The summed E-state index contributed by atoms with van der Waals surface area (Å²) in [5.74, 6) is -0.318. The highest BCUT2D eigenvalue weighted by atomic mass is 35.5. The van der Waals surface area contributed by atoms with Crippen molar-refractivity contribution in [3.05, 3.63) is 35.6 Å². The Labute approximate surface area is 162 Å². The molecule has 1 aromatic carbocycles. The number of halogens is 3. The maximum Gasteiger partial charge on any atom is 0.123 e. The molecule has 0 aromatic heterocycles. The lowest BCUT2D eigenvalue weighted by Crippen LogP contribution is -2.52. The number of piperidine rings is 1. The lowest BCUT2D eigenvalue weighted by atomic mass is 10.0. The van der Waals surface area contributed by atoms with Gasteiger partial charge in [0.1, 0.15) is 5.82 Å². The van der Waals surface area contributed by atoms with E-state index in [0.717, 1.165) is 32.5 Å². The van der Waals surface area contributed by atoms with Crippen LogP contribution in [0.5, 0.6) is 0 Å². The maximum absolute atomic E-state index is 13.2. The molecule has 7 heteroatoms. The summed E-state index contributed by atoms with van der Waals surface area (Å²) in [5.41, 5.74) is 0.489. The van der Waals surface area contributed by atoms with Crippen molar-refractivity contribution in [2.45, 2.75) is 44.4 Å². The Balaban J connectivity index is 0.00000288. The SMILES string of the molecule is COC1CCN(CC(C)(C)NC[C@H](O)c2cccc(F)c2)CC1.Cl.Cl. The van der Waals surface area contributed by atoms with Gasteiger partial charge in [-0.2, -0.15) is 0 Å². The van der Waals surface area contributed by atoms with Gasteiger partial charge in [0.05, 0.1) is 12.2 Å². The standard InChI is InChI=1S/C18H29FN2O2.2ClH/c1-18(2,13-21-9-7-16(23-3)8-10-21)20-12-17(22)14-5-4-6-15(19)11-14;;/h4-6,11,16-17,20,22H,7-10,12-13H2,1-3H3;2*1H/t17-;;/m0../s1. The van der Waals surface area contributed by atoms with E-state index in [9.17, 15) is 9.50 Å². The van der Waals surface area contributed by atoms with E-state index in [2.05, 4.69) is 24.1 Å². The summed E-state index contributed by atoms with van der Waals surface area (Å²) in [5, 5.41) is 13.6. The fourth-order valence-electron chi connectivity index (χ4n) is 3.12. The van der Waals surface area contributed by atoms with Gasteiger partial charge in [-0.3, -0.25) is 0 Å². The Kier molecular flexibility index (Phi) is 11.1. The summed E-state index contributed by atoms with van der Waals surface area (Å²) in [4.78, 5) is 2.43. The second-order valence-electron chi connectivity index (χ2n) is 7.05. The summed E-state index contributed by atoms with van der Waals surface area (Å²) >= 11 is 0. The molecule has 25 heavy (non-hydrogen) atoms. The van der Waals surface area contributed by atoms with Gasteiger partial charge in [0.2, 0.25) is 0 Å². The van der Waals surface area contributed by atoms with Crippen molar-refractivity contribution in [2.24, 2.45) is 0 Å². The lowest BCUT2D eigenvalue weighted by molar-refractivity contribution is 0.0330. The zero-order valence-electron chi connectivity index (χ0n) is 15.2. The molecule has 2 N–H and O–H groups in total. The smallest absolute Gasteiger partial charge is 0.123 e. The van der Waals surface area contributed by atoms with E-state index < -0.39 is 6.10 Å². The summed E-state index contributed by atoms with van der Waals surface area (Å²) in [7, 11) is 1.78. The van der Waals surface area contributed by atoms with E-state index in [4.69, 9.17) is 4.74 Å². The van der Waals surface area contributed by atoms with Crippen molar-refractivity contribution in [3.8, 4) is 0 Å². The van der Waals surface area contributed by atoms with E-state index in [0.29, 0.717) is 18.2 Å². The first-order valence-electron chi connectivity index (χ1n) is 8.33. The van der Waals surface area contributed by atoms with Crippen molar-refractivity contribution >= 4 is 24.8 Å². The minimum Gasteiger partial charge on any atom is -0.387 e. The van der Waals surface area contributed by atoms with Crippen LogP contribution in [0.25, 0.3) is 0 Å². The minimum absolute atomic E-state index is 0. The average molecular weight is 397 g/mol. The second kappa shape index (κ2) is 11.3. The number of nitrogens with zero attached hydrogens (tertiary/aromatic N) is 1. The number of methoxy groups -OCH3 is 1. The zero-order chi connectivity index (χ0) is 16.9. The Morgan fingerprint density at radius 1 is 1.32 bits per heavy atom. The van der Waals surface area contributed by atoms with Crippen molar-refractivity contribution in [1.29, 1.82) is 0 Å². The Hall–Kier alpha value is -0.430. The monoisotopic (exact) mass is 396 g/mol. The molecule has 0 saturated carbocycles. The Bertz CT molecular complexity index is 498. The van der Waals surface area contributed by atoms with Gasteiger partial charge in [0, 0.05) is 38.8 Å². The predicted molar refractivity (Wildman–Crippen MR) is 104 cm³/mol. The summed E-state index contributed by atoms with van der Waals surface area (Å²) in [6, 6.07) is 6.14. The first-order valence-corrected chi connectivity index (χ1v) is 8.33. The highest BCUT2D eigenvalue weighted by Gasteiger charge is 2.26.